The fraction of sp³-hybridized carbons (Fsp3) is 0.385. The molecule has 1 N–H and O–H groups in total. The van der Waals surface area contributed by atoms with Crippen molar-refractivity contribution in [2.24, 2.45) is 4.99 Å². The van der Waals surface area contributed by atoms with Crippen molar-refractivity contribution in [2.75, 3.05) is 6.54 Å². The molecule has 0 saturated carbocycles. The summed E-state index contributed by atoms with van der Waals surface area (Å²) in [5, 5.41) is 11.9. The van der Waals surface area contributed by atoms with Crippen LogP contribution in [0.1, 0.15) is 30.1 Å². The van der Waals surface area contributed by atoms with E-state index in [4.69, 9.17) is 0 Å². The van der Waals surface area contributed by atoms with Crippen LogP contribution < -0.4 is 5.06 Å². The van der Waals surface area contributed by atoms with Gasteiger partial charge >= 0.3 is 0 Å². The molecule has 0 bridgehead atoms. The molecular formula is C13H16N2O2. The van der Waals surface area contributed by atoms with Crippen LogP contribution in [0.2, 0.25) is 0 Å². The van der Waals surface area contributed by atoms with Crippen LogP contribution in [-0.4, -0.2) is 24.2 Å². The van der Waals surface area contributed by atoms with Crippen LogP contribution in [0.3, 0.4) is 0 Å². The average Bonchev–Trinajstić information content (AvgIpc) is 2.39. The van der Waals surface area contributed by atoms with Gasteiger partial charge in [0, 0.05) is 18.4 Å². The van der Waals surface area contributed by atoms with Gasteiger partial charge in [0.15, 0.2) is 11.9 Å². The van der Waals surface area contributed by atoms with E-state index in [1.807, 2.05) is 25.1 Å². The second kappa shape index (κ2) is 5.21. The molecule has 0 saturated heterocycles. The van der Waals surface area contributed by atoms with E-state index in [0.717, 1.165) is 0 Å². The number of rotatable bonds is 3. The van der Waals surface area contributed by atoms with Crippen LogP contribution in [-0.2, 0) is 0 Å². The van der Waals surface area contributed by atoms with E-state index < -0.39 is 6.04 Å². The SMILES string of the molecule is CCC1=NCCC(C(=O)c2ccccc2)[NH+]1[O-]. The number of carbonyl (C=O) groups is 1. The van der Waals surface area contributed by atoms with Crippen LogP contribution in [0.5, 0.6) is 0 Å². The van der Waals surface area contributed by atoms with Crippen molar-refractivity contribution in [1.82, 2.24) is 0 Å². The van der Waals surface area contributed by atoms with E-state index in [1.54, 1.807) is 12.1 Å². The normalized spacial score (nSPS) is 24.2. The van der Waals surface area contributed by atoms with Crippen molar-refractivity contribution >= 4 is 11.6 Å². The fourth-order valence-corrected chi connectivity index (χ4v) is 2.08. The molecular weight excluding hydrogens is 216 g/mol. The highest BCUT2D eigenvalue weighted by Crippen LogP contribution is 2.07. The standard InChI is InChI=1S/C13H16N2O2/c1-2-12-14-9-8-11(15(12)17)13(16)10-6-4-3-5-7-10/h3-7,11,15H,2,8-9H2,1H3. The third-order valence-corrected chi connectivity index (χ3v) is 3.03. The molecule has 17 heavy (non-hydrogen) atoms. The van der Waals surface area contributed by atoms with Gasteiger partial charge in [-0.3, -0.25) is 4.79 Å². The lowest BCUT2D eigenvalue weighted by Gasteiger charge is -2.33. The second-order valence-corrected chi connectivity index (χ2v) is 4.12. The molecule has 4 heteroatoms. The second-order valence-electron chi connectivity index (χ2n) is 4.12. The number of hydrogen-bond acceptors (Lipinski definition) is 3. The Balaban J connectivity index is 2.19. The maximum absolute atomic E-state index is 12.2. The molecule has 0 aliphatic carbocycles. The zero-order valence-electron chi connectivity index (χ0n) is 9.85. The summed E-state index contributed by atoms with van der Waals surface area (Å²) in [6, 6.07) is 8.48. The summed E-state index contributed by atoms with van der Waals surface area (Å²) in [4.78, 5) is 16.4. The first-order chi connectivity index (χ1) is 8.24. The largest absolute Gasteiger partial charge is 0.627 e. The highest BCUT2D eigenvalue weighted by atomic mass is 16.5. The number of ketones is 1. The summed E-state index contributed by atoms with van der Waals surface area (Å²) < 4.78 is 0. The zero-order valence-corrected chi connectivity index (χ0v) is 9.85. The third-order valence-electron chi connectivity index (χ3n) is 3.03. The fourth-order valence-electron chi connectivity index (χ4n) is 2.08. The van der Waals surface area contributed by atoms with Crippen molar-refractivity contribution < 1.29 is 9.86 Å². The Morgan fingerprint density at radius 2 is 2.18 bits per heavy atom. The topological polar surface area (TPSA) is 56.9 Å². The minimum absolute atomic E-state index is 0.0727. The molecule has 0 amide bonds. The number of benzene rings is 1. The van der Waals surface area contributed by atoms with Gasteiger partial charge in [-0.1, -0.05) is 37.3 Å². The molecule has 4 nitrogen and oxygen atoms in total. The van der Waals surface area contributed by atoms with Gasteiger partial charge in [-0.2, -0.15) is 0 Å². The zero-order chi connectivity index (χ0) is 12.3. The number of quaternary nitrogens is 1. The molecule has 0 aromatic heterocycles. The Morgan fingerprint density at radius 1 is 1.47 bits per heavy atom. The van der Waals surface area contributed by atoms with Crippen molar-refractivity contribution in [1.29, 1.82) is 0 Å². The smallest absolute Gasteiger partial charge is 0.220 e. The van der Waals surface area contributed by atoms with Gasteiger partial charge < -0.3 is 10.3 Å². The molecule has 1 aliphatic heterocycles. The predicted molar refractivity (Wildman–Crippen MR) is 66.1 cm³/mol. The van der Waals surface area contributed by atoms with E-state index in [0.29, 0.717) is 30.8 Å². The first-order valence-electron chi connectivity index (χ1n) is 5.91. The lowest BCUT2D eigenvalue weighted by Crippen LogP contribution is -3.15. The number of amidine groups is 1. The number of aliphatic imine (C=N–C) groups is 1. The Hall–Kier alpha value is -1.52. The van der Waals surface area contributed by atoms with Gasteiger partial charge in [-0.15, -0.1) is 0 Å². The van der Waals surface area contributed by atoms with Gasteiger partial charge in [0.25, 0.3) is 0 Å². The number of Topliss-reactive ketones (excluding diaryl/α,β-unsaturated/α-hetero) is 1. The highest BCUT2D eigenvalue weighted by molar-refractivity contribution is 6.00. The predicted octanol–water partition coefficient (Wildman–Crippen LogP) is 0.833. The quantitative estimate of drug-likeness (QED) is 0.620. The molecule has 1 aromatic carbocycles. The molecule has 0 spiro atoms. The number of hydrogen-bond donors (Lipinski definition) is 1. The third kappa shape index (κ3) is 2.43. The summed E-state index contributed by atoms with van der Waals surface area (Å²) in [7, 11) is 0. The first kappa shape index (κ1) is 12.0. The lowest BCUT2D eigenvalue weighted by molar-refractivity contribution is -0.771. The van der Waals surface area contributed by atoms with Crippen molar-refractivity contribution in [3.05, 3.63) is 41.1 Å². The maximum Gasteiger partial charge on any atom is 0.220 e. The van der Waals surface area contributed by atoms with E-state index in [2.05, 4.69) is 4.99 Å². The number of hydroxylamine groups is 2. The molecule has 2 atom stereocenters. The van der Waals surface area contributed by atoms with Gasteiger partial charge in [0.1, 0.15) is 0 Å². The van der Waals surface area contributed by atoms with Gasteiger partial charge in [0.05, 0.1) is 6.54 Å². The minimum atomic E-state index is -0.523. The van der Waals surface area contributed by atoms with Crippen LogP contribution in [0.25, 0.3) is 0 Å². The molecule has 2 unspecified atom stereocenters. The Labute approximate surface area is 101 Å². The van der Waals surface area contributed by atoms with Crippen LogP contribution in [0.15, 0.2) is 35.3 Å². The summed E-state index contributed by atoms with van der Waals surface area (Å²) in [6.45, 7) is 2.48. The van der Waals surface area contributed by atoms with E-state index in [9.17, 15) is 10.0 Å². The van der Waals surface area contributed by atoms with Crippen LogP contribution in [0.4, 0.5) is 0 Å². The Morgan fingerprint density at radius 3 is 2.82 bits per heavy atom. The van der Waals surface area contributed by atoms with Crippen molar-refractivity contribution in [3.63, 3.8) is 0 Å². The van der Waals surface area contributed by atoms with Gasteiger partial charge in [-0.25, -0.2) is 4.99 Å². The monoisotopic (exact) mass is 232 g/mol. The number of carbonyl (C=O) groups excluding carboxylic acids is 1. The molecule has 0 radical (unpaired) electrons. The van der Waals surface area contributed by atoms with Crippen molar-refractivity contribution in [3.8, 4) is 0 Å². The highest BCUT2D eigenvalue weighted by Gasteiger charge is 2.30. The van der Waals surface area contributed by atoms with E-state index in [-0.39, 0.29) is 10.8 Å². The van der Waals surface area contributed by atoms with E-state index >= 15 is 0 Å². The maximum atomic E-state index is 12.2. The van der Waals surface area contributed by atoms with Gasteiger partial charge in [-0.05, 0) is 0 Å². The van der Waals surface area contributed by atoms with Crippen molar-refractivity contribution in [2.45, 2.75) is 25.8 Å². The summed E-state index contributed by atoms with van der Waals surface area (Å²) in [5.74, 6) is 0.488. The van der Waals surface area contributed by atoms with Crippen LogP contribution in [0, 0.1) is 5.21 Å². The first-order valence-corrected chi connectivity index (χ1v) is 5.91. The summed E-state index contributed by atoms with van der Waals surface area (Å²) >= 11 is 0. The molecule has 90 valence electrons. The Kier molecular flexibility index (Phi) is 3.66. The Bertz CT molecular complexity index is 428. The molecule has 1 aliphatic rings. The summed E-state index contributed by atoms with van der Waals surface area (Å²) in [5.41, 5.74) is 0.614. The van der Waals surface area contributed by atoms with Gasteiger partial charge in [0.2, 0.25) is 5.78 Å². The molecule has 2 rings (SSSR count). The number of nitrogens with zero attached hydrogens (tertiary/aromatic N) is 1. The molecule has 1 heterocycles. The summed E-state index contributed by atoms with van der Waals surface area (Å²) in [6.07, 6.45) is 1.15. The average molecular weight is 232 g/mol. The lowest BCUT2D eigenvalue weighted by atomic mass is 10.00. The van der Waals surface area contributed by atoms with Crippen LogP contribution >= 0.6 is 0 Å². The molecule has 1 aromatic rings. The number of nitrogens with one attached hydrogen (secondary N) is 1. The molecule has 0 fully saturated rings. The van der Waals surface area contributed by atoms with E-state index in [1.165, 1.54) is 0 Å². The minimum Gasteiger partial charge on any atom is -0.627 e.